The maximum atomic E-state index is 11.5. The maximum Gasteiger partial charge on any atom is 0.342 e. The molecular formula is C17H16ClN3O3. The third-order valence-corrected chi connectivity index (χ3v) is 3.22. The Hall–Kier alpha value is -2.73. The number of aromatic nitrogens is 2. The molecule has 1 aromatic carbocycles. The van der Waals surface area contributed by atoms with Crippen molar-refractivity contribution in [2.24, 2.45) is 0 Å². The molecule has 0 saturated carbocycles. The quantitative estimate of drug-likeness (QED) is 0.273. The summed E-state index contributed by atoms with van der Waals surface area (Å²) in [5.74, 6) is -0.0497. The van der Waals surface area contributed by atoms with Crippen molar-refractivity contribution in [3.63, 3.8) is 0 Å². The normalized spacial score (nSPS) is 11.0. The lowest BCUT2D eigenvalue weighted by atomic mass is 10.1. The molecule has 0 bridgehead atoms. The first-order chi connectivity index (χ1) is 11.6. The number of anilines is 1. The lowest BCUT2D eigenvalue weighted by Crippen LogP contribution is -2.10. The summed E-state index contributed by atoms with van der Waals surface area (Å²) >= 11 is 5.95. The molecule has 2 rings (SSSR count). The van der Waals surface area contributed by atoms with E-state index in [9.17, 15) is 9.59 Å². The Morgan fingerprint density at radius 3 is 2.71 bits per heavy atom. The Kier molecular flexibility index (Phi) is 6.45. The zero-order valence-corrected chi connectivity index (χ0v) is 13.8. The van der Waals surface area contributed by atoms with Crippen molar-refractivity contribution in [2.45, 2.75) is 13.3 Å². The number of esters is 1. The molecule has 0 amide bonds. The van der Waals surface area contributed by atoms with E-state index < -0.39 is 5.97 Å². The van der Waals surface area contributed by atoms with E-state index in [1.54, 1.807) is 25.4 Å². The van der Waals surface area contributed by atoms with Crippen LogP contribution < -0.4 is 5.32 Å². The molecule has 1 aromatic heterocycles. The van der Waals surface area contributed by atoms with Crippen molar-refractivity contribution in [3.8, 4) is 0 Å². The monoisotopic (exact) mass is 345 g/mol. The number of hydrogen-bond donors (Lipinski definition) is 1. The van der Waals surface area contributed by atoms with Crippen LogP contribution in [-0.4, -0.2) is 28.8 Å². The van der Waals surface area contributed by atoms with Crippen LogP contribution >= 0.6 is 11.6 Å². The smallest absolute Gasteiger partial charge is 0.342 e. The molecule has 0 aliphatic carbocycles. The molecule has 1 heterocycles. The minimum atomic E-state index is -0.682. The van der Waals surface area contributed by atoms with Crippen LogP contribution in [0.1, 0.15) is 18.3 Å². The van der Waals surface area contributed by atoms with E-state index in [2.05, 4.69) is 15.3 Å². The van der Waals surface area contributed by atoms with Gasteiger partial charge in [-0.25, -0.2) is 14.8 Å². The van der Waals surface area contributed by atoms with Gasteiger partial charge in [-0.1, -0.05) is 23.7 Å². The second-order valence-corrected chi connectivity index (χ2v) is 5.21. The molecule has 6 nitrogen and oxygen atoms in total. The highest BCUT2D eigenvalue weighted by molar-refractivity contribution is 6.30. The van der Waals surface area contributed by atoms with E-state index in [4.69, 9.17) is 16.3 Å². The van der Waals surface area contributed by atoms with Gasteiger partial charge in [0.25, 0.3) is 0 Å². The molecule has 7 heteroatoms. The average Bonchev–Trinajstić information content (AvgIpc) is 2.57. The molecule has 0 aliphatic rings. The highest BCUT2D eigenvalue weighted by Gasteiger charge is 2.09. The molecule has 0 aliphatic heterocycles. The van der Waals surface area contributed by atoms with Crippen LogP contribution in [0.3, 0.4) is 0 Å². The van der Waals surface area contributed by atoms with E-state index in [0.717, 1.165) is 5.56 Å². The van der Waals surface area contributed by atoms with Crippen LogP contribution in [0.5, 0.6) is 0 Å². The Balaban J connectivity index is 2.01. The highest BCUT2D eigenvalue weighted by Crippen LogP contribution is 2.13. The van der Waals surface area contributed by atoms with E-state index in [1.807, 2.05) is 18.2 Å². The largest absolute Gasteiger partial charge is 0.462 e. The number of carbonyl (C=O) groups is 2. The number of carbonyl (C=O) groups excluding carboxylic acids is 2. The van der Waals surface area contributed by atoms with E-state index >= 15 is 0 Å². The lowest BCUT2D eigenvalue weighted by Gasteiger charge is -2.05. The molecule has 24 heavy (non-hydrogen) atoms. The first kappa shape index (κ1) is 17.6. The highest BCUT2D eigenvalue weighted by atomic mass is 35.5. The summed E-state index contributed by atoms with van der Waals surface area (Å²) < 4.78 is 4.76. The van der Waals surface area contributed by atoms with Crippen LogP contribution in [0.25, 0.3) is 0 Å². The number of aldehydes is 1. The SMILES string of the molecule is CCOC(=O)/C(C=O)=C/Nc1cnc(Cc2cccc(Cl)c2)nc1. The minimum Gasteiger partial charge on any atom is -0.462 e. The van der Waals surface area contributed by atoms with Gasteiger partial charge in [0.05, 0.1) is 24.7 Å². The zero-order chi connectivity index (χ0) is 17.4. The van der Waals surface area contributed by atoms with Gasteiger partial charge in [-0.2, -0.15) is 0 Å². The third kappa shape index (κ3) is 5.17. The number of nitrogens with zero attached hydrogens (tertiary/aromatic N) is 2. The first-order valence-corrected chi connectivity index (χ1v) is 7.64. The van der Waals surface area contributed by atoms with Crippen molar-refractivity contribution in [1.29, 1.82) is 0 Å². The van der Waals surface area contributed by atoms with Gasteiger partial charge in [0, 0.05) is 17.6 Å². The van der Waals surface area contributed by atoms with Gasteiger partial charge in [-0.05, 0) is 24.6 Å². The van der Waals surface area contributed by atoms with E-state index in [1.165, 1.54) is 6.20 Å². The Bertz CT molecular complexity index is 745. The summed E-state index contributed by atoms with van der Waals surface area (Å²) in [5.41, 5.74) is 1.45. The fraction of sp³-hybridized carbons (Fsp3) is 0.176. The summed E-state index contributed by atoms with van der Waals surface area (Å²) in [4.78, 5) is 30.8. The molecule has 1 N–H and O–H groups in total. The third-order valence-electron chi connectivity index (χ3n) is 2.99. The topological polar surface area (TPSA) is 81.2 Å². The summed E-state index contributed by atoms with van der Waals surface area (Å²) in [6, 6.07) is 7.48. The molecule has 0 spiro atoms. The Labute approximate surface area is 144 Å². The fourth-order valence-corrected chi connectivity index (χ4v) is 2.08. The summed E-state index contributed by atoms with van der Waals surface area (Å²) in [7, 11) is 0. The number of nitrogens with one attached hydrogen (secondary N) is 1. The van der Waals surface area contributed by atoms with Gasteiger partial charge in [0.15, 0.2) is 6.29 Å². The zero-order valence-electron chi connectivity index (χ0n) is 13.0. The summed E-state index contributed by atoms with van der Waals surface area (Å²) in [6.45, 7) is 1.87. The molecule has 2 aromatic rings. The summed E-state index contributed by atoms with van der Waals surface area (Å²) in [6.07, 6.45) is 5.38. The molecule has 0 fully saturated rings. The molecule has 0 saturated heterocycles. The number of hydrogen-bond acceptors (Lipinski definition) is 6. The van der Waals surface area contributed by atoms with Gasteiger partial charge in [0.1, 0.15) is 11.4 Å². The van der Waals surface area contributed by atoms with Gasteiger partial charge >= 0.3 is 5.97 Å². The molecule has 0 unspecified atom stereocenters. The number of halogens is 1. The van der Waals surface area contributed by atoms with Crippen LogP contribution in [0.2, 0.25) is 5.02 Å². The number of benzene rings is 1. The average molecular weight is 346 g/mol. The molecule has 124 valence electrons. The van der Waals surface area contributed by atoms with Crippen molar-refractivity contribution in [3.05, 3.63) is 64.8 Å². The lowest BCUT2D eigenvalue weighted by molar-refractivity contribution is -0.139. The van der Waals surface area contributed by atoms with E-state index in [-0.39, 0.29) is 12.2 Å². The number of rotatable bonds is 7. The fourth-order valence-electron chi connectivity index (χ4n) is 1.87. The summed E-state index contributed by atoms with van der Waals surface area (Å²) in [5, 5.41) is 3.46. The number of ether oxygens (including phenoxy) is 1. The van der Waals surface area contributed by atoms with Gasteiger partial charge in [-0.15, -0.1) is 0 Å². The molecular weight excluding hydrogens is 330 g/mol. The first-order valence-electron chi connectivity index (χ1n) is 7.26. The van der Waals surface area contributed by atoms with Crippen LogP contribution in [-0.2, 0) is 20.7 Å². The Morgan fingerprint density at radius 1 is 1.33 bits per heavy atom. The van der Waals surface area contributed by atoms with Crippen molar-refractivity contribution < 1.29 is 14.3 Å². The predicted molar refractivity (Wildman–Crippen MR) is 90.7 cm³/mol. The van der Waals surface area contributed by atoms with Crippen LogP contribution in [0, 0.1) is 0 Å². The van der Waals surface area contributed by atoms with E-state index in [0.29, 0.717) is 29.2 Å². The Morgan fingerprint density at radius 2 is 2.08 bits per heavy atom. The van der Waals surface area contributed by atoms with Crippen LogP contribution in [0.15, 0.2) is 48.4 Å². The minimum absolute atomic E-state index is 0.111. The molecule has 0 radical (unpaired) electrons. The van der Waals surface area contributed by atoms with Crippen molar-refractivity contribution >= 4 is 29.5 Å². The van der Waals surface area contributed by atoms with Crippen molar-refractivity contribution in [2.75, 3.05) is 11.9 Å². The standard InChI is InChI=1S/C17H16ClN3O3/c1-2-24-17(23)13(11-22)8-19-15-9-20-16(21-10-15)7-12-4-3-5-14(18)6-12/h3-6,8-11,19H,2,7H2,1H3/b13-8+. The second-order valence-electron chi connectivity index (χ2n) is 4.78. The van der Waals surface area contributed by atoms with Gasteiger partial charge in [-0.3, -0.25) is 4.79 Å². The molecule has 0 atom stereocenters. The van der Waals surface area contributed by atoms with Crippen molar-refractivity contribution in [1.82, 2.24) is 9.97 Å². The van der Waals surface area contributed by atoms with Crippen LogP contribution in [0.4, 0.5) is 5.69 Å². The second kappa shape index (κ2) is 8.79. The maximum absolute atomic E-state index is 11.5. The van der Waals surface area contributed by atoms with Gasteiger partial charge in [0.2, 0.25) is 0 Å². The van der Waals surface area contributed by atoms with Gasteiger partial charge < -0.3 is 10.1 Å². The predicted octanol–water partition coefficient (Wildman–Crippen LogP) is 2.78.